The van der Waals surface area contributed by atoms with Gasteiger partial charge in [-0.3, -0.25) is 20.4 Å². The van der Waals surface area contributed by atoms with E-state index in [4.69, 9.17) is 9.47 Å². The van der Waals surface area contributed by atoms with Gasteiger partial charge in [0.05, 0.1) is 0 Å². The van der Waals surface area contributed by atoms with Crippen LogP contribution in [0.15, 0.2) is 66.7 Å². The number of carbonyl (C=O) groups excluding carboxylic acids is 2. The van der Waals surface area contributed by atoms with Crippen molar-refractivity contribution in [2.45, 2.75) is 13.0 Å². The number of rotatable bonds is 6. The molecule has 3 rings (SSSR count). The van der Waals surface area contributed by atoms with Crippen LogP contribution in [0.25, 0.3) is 10.8 Å². The van der Waals surface area contributed by atoms with Crippen LogP contribution in [0.2, 0.25) is 0 Å². The third-order valence-corrected chi connectivity index (χ3v) is 3.93. The van der Waals surface area contributed by atoms with Crippen LogP contribution in [0, 0.1) is 5.82 Å². The van der Waals surface area contributed by atoms with Crippen LogP contribution in [0.3, 0.4) is 0 Å². The molecule has 7 heteroatoms. The maximum absolute atomic E-state index is 12.9. The Hall–Kier alpha value is -3.61. The second-order valence-electron chi connectivity index (χ2n) is 6.02. The average Bonchev–Trinajstić information content (AvgIpc) is 2.72. The van der Waals surface area contributed by atoms with Crippen LogP contribution in [-0.2, 0) is 9.59 Å². The molecule has 3 aromatic carbocycles. The summed E-state index contributed by atoms with van der Waals surface area (Å²) in [7, 11) is 0. The molecular weight excluding hydrogens is 363 g/mol. The lowest BCUT2D eigenvalue weighted by Gasteiger charge is -2.15. The zero-order valence-corrected chi connectivity index (χ0v) is 15.1. The van der Waals surface area contributed by atoms with Crippen molar-refractivity contribution in [1.82, 2.24) is 10.9 Å². The van der Waals surface area contributed by atoms with Gasteiger partial charge in [-0.1, -0.05) is 36.4 Å². The minimum Gasteiger partial charge on any atom is -0.483 e. The van der Waals surface area contributed by atoms with Crippen molar-refractivity contribution in [3.05, 3.63) is 72.5 Å². The second kappa shape index (κ2) is 8.85. The molecule has 0 aliphatic rings. The summed E-state index contributed by atoms with van der Waals surface area (Å²) in [5.74, 6) is -0.553. The average molecular weight is 382 g/mol. The fraction of sp³-hybridized carbons (Fsp3) is 0.143. The van der Waals surface area contributed by atoms with Crippen LogP contribution < -0.4 is 20.3 Å². The van der Waals surface area contributed by atoms with E-state index in [1.165, 1.54) is 31.2 Å². The number of fused-ring (bicyclic) bond motifs is 1. The third kappa shape index (κ3) is 4.97. The lowest BCUT2D eigenvalue weighted by atomic mass is 10.1. The predicted molar refractivity (Wildman–Crippen MR) is 102 cm³/mol. The maximum atomic E-state index is 12.9. The van der Waals surface area contributed by atoms with Gasteiger partial charge in [-0.05, 0) is 42.6 Å². The SMILES string of the molecule is CC(Oc1ccc(F)cc1)C(=O)NNC(=O)COc1cccc2ccccc12. The number of ether oxygens (including phenoxy) is 2. The fourth-order valence-electron chi connectivity index (χ4n) is 2.50. The molecule has 1 atom stereocenters. The molecule has 3 aromatic rings. The van der Waals surface area contributed by atoms with Crippen molar-refractivity contribution in [2.24, 2.45) is 0 Å². The Morgan fingerprint density at radius 1 is 0.964 bits per heavy atom. The Morgan fingerprint density at radius 2 is 1.68 bits per heavy atom. The standard InChI is InChI=1S/C21H19FN2O4/c1-14(28-17-11-9-16(22)10-12-17)21(26)24-23-20(25)13-27-19-8-4-6-15-5-2-3-7-18(15)19/h2-12,14H,13H2,1H3,(H,23,25)(H,24,26). The van der Waals surface area contributed by atoms with E-state index in [-0.39, 0.29) is 6.61 Å². The molecule has 0 saturated heterocycles. The first kappa shape index (κ1) is 19.2. The Kier molecular flexibility index (Phi) is 6.06. The zero-order valence-electron chi connectivity index (χ0n) is 15.1. The van der Waals surface area contributed by atoms with E-state index in [9.17, 15) is 14.0 Å². The molecule has 0 aliphatic carbocycles. The highest BCUT2D eigenvalue weighted by Crippen LogP contribution is 2.24. The van der Waals surface area contributed by atoms with Gasteiger partial charge in [0, 0.05) is 5.39 Å². The van der Waals surface area contributed by atoms with Crippen LogP contribution in [0.4, 0.5) is 4.39 Å². The topological polar surface area (TPSA) is 76.7 Å². The minimum atomic E-state index is -0.884. The molecule has 28 heavy (non-hydrogen) atoms. The van der Waals surface area contributed by atoms with Gasteiger partial charge in [-0.2, -0.15) is 0 Å². The van der Waals surface area contributed by atoms with Gasteiger partial charge >= 0.3 is 0 Å². The summed E-state index contributed by atoms with van der Waals surface area (Å²) in [5.41, 5.74) is 4.54. The van der Waals surface area contributed by atoms with Crippen molar-refractivity contribution in [1.29, 1.82) is 0 Å². The number of hydrazine groups is 1. The lowest BCUT2D eigenvalue weighted by Crippen LogP contribution is -2.48. The number of halogens is 1. The molecule has 0 aromatic heterocycles. The highest BCUT2D eigenvalue weighted by atomic mass is 19.1. The van der Waals surface area contributed by atoms with Crippen LogP contribution in [-0.4, -0.2) is 24.5 Å². The smallest absolute Gasteiger partial charge is 0.279 e. The molecule has 0 heterocycles. The summed E-state index contributed by atoms with van der Waals surface area (Å²) in [6.07, 6.45) is -0.884. The van der Waals surface area contributed by atoms with E-state index < -0.39 is 23.7 Å². The number of nitrogens with one attached hydrogen (secondary N) is 2. The Balaban J connectivity index is 1.47. The van der Waals surface area contributed by atoms with E-state index in [1.54, 1.807) is 6.07 Å². The van der Waals surface area contributed by atoms with Gasteiger partial charge in [0.15, 0.2) is 12.7 Å². The van der Waals surface area contributed by atoms with Gasteiger partial charge in [0.2, 0.25) is 0 Å². The van der Waals surface area contributed by atoms with Crippen molar-refractivity contribution >= 4 is 22.6 Å². The van der Waals surface area contributed by atoms with E-state index >= 15 is 0 Å². The molecule has 6 nitrogen and oxygen atoms in total. The van der Waals surface area contributed by atoms with Gasteiger partial charge in [0.25, 0.3) is 11.8 Å². The quantitative estimate of drug-likeness (QED) is 0.643. The van der Waals surface area contributed by atoms with Crippen LogP contribution >= 0.6 is 0 Å². The molecule has 0 fully saturated rings. The number of hydrogen-bond acceptors (Lipinski definition) is 4. The summed E-state index contributed by atoms with van der Waals surface area (Å²) in [4.78, 5) is 23.9. The summed E-state index contributed by atoms with van der Waals surface area (Å²) in [6, 6.07) is 18.5. The van der Waals surface area contributed by atoms with E-state index in [0.29, 0.717) is 11.5 Å². The molecule has 1 unspecified atom stereocenters. The zero-order chi connectivity index (χ0) is 19.9. The summed E-state index contributed by atoms with van der Waals surface area (Å²) in [6.45, 7) is 1.25. The summed E-state index contributed by atoms with van der Waals surface area (Å²) >= 11 is 0. The largest absolute Gasteiger partial charge is 0.483 e. The normalized spacial score (nSPS) is 11.5. The van der Waals surface area contributed by atoms with E-state index in [2.05, 4.69) is 10.9 Å². The molecule has 2 amide bonds. The van der Waals surface area contributed by atoms with Crippen molar-refractivity contribution in [3.8, 4) is 11.5 Å². The Labute approximate surface area is 161 Å². The van der Waals surface area contributed by atoms with Gasteiger partial charge in [-0.25, -0.2) is 4.39 Å². The van der Waals surface area contributed by atoms with Crippen LogP contribution in [0.5, 0.6) is 11.5 Å². The molecule has 144 valence electrons. The number of hydrogen-bond donors (Lipinski definition) is 2. The first-order valence-corrected chi connectivity index (χ1v) is 8.64. The van der Waals surface area contributed by atoms with Crippen molar-refractivity contribution in [2.75, 3.05) is 6.61 Å². The number of carbonyl (C=O) groups is 2. The molecule has 0 radical (unpaired) electrons. The molecule has 2 N–H and O–H groups in total. The Morgan fingerprint density at radius 3 is 2.46 bits per heavy atom. The number of amides is 2. The monoisotopic (exact) mass is 382 g/mol. The van der Waals surface area contributed by atoms with Gasteiger partial charge < -0.3 is 9.47 Å². The van der Waals surface area contributed by atoms with Crippen molar-refractivity contribution in [3.63, 3.8) is 0 Å². The molecule has 0 spiro atoms. The van der Waals surface area contributed by atoms with Crippen LogP contribution in [0.1, 0.15) is 6.92 Å². The lowest BCUT2D eigenvalue weighted by molar-refractivity contribution is -0.133. The molecular formula is C21H19FN2O4. The highest BCUT2D eigenvalue weighted by Gasteiger charge is 2.15. The fourth-order valence-corrected chi connectivity index (χ4v) is 2.50. The van der Waals surface area contributed by atoms with Crippen molar-refractivity contribution < 1.29 is 23.5 Å². The third-order valence-electron chi connectivity index (χ3n) is 3.93. The molecule has 0 bridgehead atoms. The van der Waals surface area contributed by atoms with E-state index in [1.807, 2.05) is 36.4 Å². The predicted octanol–water partition coefficient (Wildman–Crippen LogP) is 2.97. The summed E-state index contributed by atoms with van der Waals surface area (Å²) in [5, 5.41) is 1.89. The maximum Gasteiger partial charge on any atom is 0.279 e. The number of benzene rings is 3. The Bertz CT molecular complexity index is 970. The summed E-state index contributed by atoms with van der Waals surface area (Å²) < 4.78 is 23.8. The second-order valence-corrected chi connectivity index (χ2v) is 6.02. The highest BCUT2D eigenvalue weighted by molar-refractivity contribution is 5.89. The van der Waals surface area contributed by atoms with Gasteiger partial charge in [-0.15, -0.1) is 0 Å². The first-order chi connectivity index (χ1) is 13.5. The minimum absolute atomic E-state index is 0.262. The van der Waals surface area contributed by atoms with E-state index in [0.717, 1.165) is 10.8 Å². The molecule has 0 saturated carbocycles. The molecule has 0 aliphatic heterocycles. The van der Waals surface area contributed by atoms with Gasteiger partial charge in [0.1, 0.15) is 17.3 Å². The first-order valence-electron chi connectivity index (χ1n) is 8.64.